The monoisotopic (exact) mass is 228 g/mol. The van der Waals surface area contributed by atoms with Crippen molar-refractivity contribution in [1.82, 2.24) is 24.6 Å². The fourth-order valence-electron chi connectivity index (χ4n) is 1.48. The van der Waals surface area contributed by atoms with Gasteiger partial charge in [0.25, 0.3) is 5.78 Å². The quantitative estimate of drug-likeness (QED) is 0.627. The van der Waals surface area contributed by atoms with Gasteiger partial charge in [-0.25, -0.2) is 9.50 Å². The lowest BCUT2D eigenvalue weighted by Gasteiger charge is -1.95. The predicted octanol–water partition coefficient (Wildman–Crippen LogP) is 0.474. The topological polar surface area (TPSA) is 102 Å². The van der Waals surface area contributed by atoms with Crippen LogP contribution in [0.25, 0.3) is 17.2 Å². The summed E-state index contributed by atoms with van der Waals surface area (Å²) < 4.78 is 1.48. The summed E-state index contributed by atoms with van der Waals surface area (Å²) in [6, 6.07) is 5.00. The number of aromatic nitrogens is 5. The maximum Gasteiger partial charge on any atom is 0.254 e. The lowest BCUT2D eigenvalue weighted by atomic mass is 10.2. The van der Waals surface area contributed by atoms with Crippen molar-refractivity contribution in [3.8, 4) is 17.3 Å². The average molecular weight is 228 g/mol. The van der Waals surface area contributed by atoms with E-state index in [1.54, 1.807) is 24.4 Å². The van der Waals surface area contributed by atoms with Gasteiger partial charge in [-0.1, -0.05) is 0 Å². The molecule has 0 unspecified atom stereocenters. The highest BCUT2D eigenvalue weighted by Crippen LogP contribution is 2.23. The van der Waals surface area contributed by atoms with E-state index < -0.39 is 0 Å². The van der Waals surface area contributed by atoms with E-state index in [0.29, 0.717) is 23.0 Å². The molecule has 84 valence electrons. The largest absolute Gasteiger partial charge is 0.493 e. The summed E-state index contributed by atoms with van der Waals surface area (Å²) in [5.41, 5.74) is 6.00. The SMILES string of the molecule is Nc1ccn2nc(-c3cccnc3O)nc2n1. The van der Waals surface area contributed by atoms with Crippen molar-refractivity contribution in [2.45, 2.75) is 0 Å². The molecule has 0 fully saturated rings. The Kier molecular flexibility index (Phi) is 1.91. The van der Waals surface area contributed by atoms with Crippen molar-refractivity contribution in [1.29, 1.82) is 0 Å². The molecule has 0 bridgehead atoms. The van der Waals surface area contributed by atoms with Gasteiger partial charge in [-0.15, -0.1) is 5.10 Å². The van der Waals surface area contributed by atoms with E-state index in [2.05, 4.69) is 20.1 Å². The van der Waals surface area contributed by atoms with E-state index in [-0.39, 0.29) is 5.88 Å². The van der Waals surface area contributed by atoms with Crippen LogP contribution in [0.5, 0.6) is 5.88 Å². The summed E-state index contributed by atoms with van der Waals surface area (Å²) in [6.45, 7) is 0. The number of hydrogen-bond acceptors (Lipinski definition) is 6. The fraction of sp³-hybridized carbons (Fsp3) is 0. The van der Waals surface area contributed by atoms with Crippen LogP contribution in [0.2, 0.25) is 0 Å². The first-order valence-electron chi connectivity index (χ1n) is 4.87. The zero-order chi connectivity index (χ0) is 11.8. The number of anilines is 1. The van der Waals surface area contributed by atoms with Gasteiger partial charge in [0.05, 0.1) is 5.56 Å². The Bertz CT molecular complexity index is 692. The number of nitrogen functional groups attached to an aromatic ring is 1. The van der Waals surface area contributed by atoms with Gasteiger partial charge in [-0.2, -0.15) is 9.97 Å². The second-order valence-corrected chi connectivity index (χ2v) is 3.41. The molecule has 3 aromatic heterocycles. The molecule has 3 aromatic rings. The van der Waals surface area contributed by atoms with Gasteiger partial charge in [0.1, 0.15) is 5.82 Å². The van der Waals surface area contributed by atoms with Gasteiger partial charge in [0.15, 0.2) is 5.82 Å². The lowest BCUT2D eigenvalue weighted by molar-refractivity contribution is 0.455. The second kappa shape index (κ2) is 3.41. The molecule has 0 aliphatic heterocycles. The van der Waals surface area contributed by atoms with Crippen LogP contribution in [0.15, 0.2) is 30.6 Å². The first kappa shape index (κ1) is 9.52. The standard InChI is InChI=1S/C10H8N6O/c11-7-3-5-16-10(13-7)14-8(15-16)6-2-1-4-12-9(6)17/h1-5H,(H,12,17)(H2,11,13,14,15). The summed E-state index contributed by atoms with van der Waals surface area (Å²) in [4.78, 5) is 11.9. The first-order chi connectivity index (χ1) is 8.24. The van der Waals surface area contributed by atoms with Crippen molar-refractivity contribution in [3.05, 3.63) is 30.6 Å². The minimum absolute atomic E-state index is 0.114. The van der Waals surface area contributed by atoms with Gasteiger partial charge in [0, 0.05) is 12.4 Å². The number of rotatable bonds is 1. The lowest BCUT2D eigenvalue weighted by Crippen LogP contribution is -1.94. The Balaban J connectivity index is 2.22. The van der Waals surface area contributed by atoms with E-state index in [1.165, 1.54) is 10.7 Å². The number of fused-ring (bicyclic) bond motifs is 1. The molecule has 0 radical (unpaired) electrons. The molecule has 3 rings (SSSR count). The summed E-state index contributed by atoms with van der Waals surface area (Å²) in [5, 5.41) is 13.8. The van der Waals surface area contributed by atoms with Crippen LogP contribution < -0.4 is 5.73 Å². The van der Waals surface area contributed by atoms with Gasteiger partial charge in [-0.3, -0.25) is 0 Å². The number of nitrogens with zero attached hydrogens (tertiary/aromatic N) is 5. The van der Waals surface area contributed by atoms with E-state index in [1.807, 2.05) is 0 Å². The Morgan fingerprint density at radius 3 is 2.94 bits per heavy atom. The molecule has 0 spiro atoms. The van der Waals surface area contributed by atoms with Crippen LogP contribution in [-0.2, 0) is 0 Å². The molecule has 17 heavy (non-hydrogen) atoms. The molecule has 7 heteroatoms. The third-order valence-corrected chi connectivity index (χ3v) is 2.26. The van der Waals surface area contributed by atoms with Crippen LogP contribution in [0.1, 0.15) is 0 Å². The van der Waals surface area contributed by atoms with E-state index in [4.69, 9.17) is 5.73 Å². The van der Waals surface area contributed by atoms with Crippen LogP contribution in [0.3, 0.4) is 0 Å². The van der Waals surface area contributed by atoms with Crippen molar-refractivity contribution in [2.24, 2.45) is 0 Å². The number of nitrogens with two attached hydrogens (primary N) is 1. The zero-order valence-corrected chi connectivity index (χ0v) is 8.65. The molecular weight excluding hydrogens is 220 g/mol. The molecule has 0 aliphatic carbocycles. The molecule has 3 N–H and O–H groups in total. The molecule has 0 saturated carbocycles. The highest BCUT2D eigenvalue weighted by atomic mass is 16.3. The number of pyridine rings is 1. The zero-order valence-electron chi connectivity index (χ0n) is 8.65. The minimum atomic E-state index is -0.114. The molecule has 0 saturated heterocycles. The van der Waals surface area contributed by atoms with Crippen LogP contribution in [0, 0.1) is 0 Å². The van der Waals surface area contributed by atoms with Crippen molar-refractivity contribution < 1.29 is 5.11 Å². The molecule has 0 amide bonds. The predicted molar refractivity (Wildman–Crippen MR) is 60.1 cm³/mol. The molecule has 3 heterocycles. The summed E-state index contributed by atoms with van der Waals surface area (Å²) in [6.07, 6.45) is 3.15. The van der Waals surface area contributed by atoms with Crippen molar-refractivity contribution in [2.75, 3.05) is 5.73 Å². The van der Waals surface area contributed by atoms with E-state index >= 15 is 0 Å². The Labute approximate surface area is 95.6 Å². The summed E-state index contributed by atoms with van der Waals surface area (Å²) in [5.74, 6) is 0.986. The fourth-order valence-corrected chi connectivity index (χ4v) is 1.48. The number of aromatic hydroxyl groups is 1. The first-order valence-corrected chi connectivity index (χ1v) is 4.87. The third-order valence-electron chi connectivity index (χ3n) is 2.26. The summed E-state index contributed by atoms with van der Waals surface area (Å²) >= 11 is 0. The minimum Gasteiger partial charge on any atom is -0.493 e. The smallest absolute Gasteiger partial charge is 0.254 e. The van der Waals surface area contributed by atoms with Gasteiger partial charge in [0.2, 0.25) is 5.88 Å². The molecular formula is C10H8N6O. The summed E-state index contributed by atoms with van der Waals surface area (Å²) in [7, 11) is 0. The van der Waals surface area contributed by atoms with E-state index in [0.717, 1.165) is 0 Å². The molecule has 0 atom stereocenters. The number of hydrogen-bond donors (Lipinski definition) is 2. The maximum absolute atomic E-state index is 9.60. The second-order valence-electron chi connectivity index (χ2n) is 3.41. The highest BCUT2D eigenvalue weighted by molar-refractivity contribution is 5.62. The van der Waals surface area contributed by atoms with Crippen LogP contribution in [-0.4, -0.2) is 29.7 Å². The van der Waals surface area contributed by atoms with Gasteiger partial charge < -0.3 is 10.8 Å². The molecule has 0 aromatic carbocycles. The molecule has 7 nitrogen and oxygen atoms in total. The average Bonchev–Trinajstić information content (AvgIpc) is 2.72. The van der Waals surface area contributed by atoms with Gasteiger partial charge >= 0.3 is 0 Å². The van der Waals surface area contributed by atoms with E-state index in [9.17, 15) is 5.11 Å². The van der Waals surface area contributed by atoms with Crippen molar-refractivity contribution in [3.63, 3.8) is 0 Å². The van der Waals surface area contributed by atoms with Crippen molar-refractivity contribution >= 4 is 11.6 Å². The highest BCUT2D eigenvalue weighted by Gasteiger charge is 2.11. The Morgan fingerprint density at radius 1 is 1.24 bits per heavy atom. The maximum atomic E-state index is 9.60. The Hall–Kier alpha value is -2.70. The van der Waals surface area contributed by atoms with Crippen LogP contribution >= 0.6 is 0 Å². The van der Waals surface area contributed by atoms with Gasteiger partial charge in [-0.05, 0) is 18.2 Å². The Morgan fingerprint density at radius 2 is 2.12 bits per heavy atom. The third kappa shape index (κ3) is 1.53. The molecule has 0 aliphatic rings. The van der Waals surface area contributed by atoms with Crippen LogP contribution in [0.4, 0.5) is 5.82 Å². The normalized spacial score (nSPS) is 10.8.